The van der Waals surface area contributed by atoms with E-state index < -0.39 is 34.5 Å². The molecule has 0 aliphatic carbocycles. The van der Waals surface area contributed by atoms with E-state index in [4.69, 9.17) is 36.1 Å². The minimum Gasteiger partial charge on any atom is -0.366 e. The topological polar surface area (TPSA) is 147 Å². The second-order valence-electron chi connectivity index (χ2n) is 6.93. The van der Waals surface area contributed by atoms with Gasteiger partial charge in [0.15, 0.2) is 28.4 Å². The number of H-pyrrole nitrogens is 1. The van der Waals surface area contributed by atoms with Gasteiger partial charge in [0, 0.05) is 13.0 Å². The summed E-state index contributed by atoms with van der Waals surface area (Å²) in [4.78, 5) is 39.8. The van der Waals surface area contributed by atoms with E-state index in [0.29, 0.717) is 18.5 Å². The number of likely N-dealkylation sites (tertiary alicyclic amines) is 1. The van der Waals surface area contributed by atoms with E-state index in [-0.39, 0.29) is 49.3 Å². The summed E-state index contributed by atoms with van der Waals surface area (Å²) >= 11 is 5.57. The summed E-state index contributed by atoms with van der Waals surface area (Å²) in [5.74, 6) is -2.75. The molecular formula is C15H22ClF2N5O5P2. The molecule has 0 amide bonds. The molecule has 0 aromatic carbocycles. The Hall–Kier alpha value is -0.840. The van der Waals surface area contributed by atoms with E-state index in [9.17, 15) is 13.7 Å². The first-order valence-electron chi connectivity index (χ1n) is 9.04. The molecule has 30 heavy (non-hydrogen) atoms. The number of aromatic nitrogens is 2. The van der Waals surface area contributed by atoms with Crippen molar-refractivity contribution in [2.75, 3.05) is 25.6 Å². The van der Waals surface area contributed by atoms with Crippen LogP contribution in [0.4, 0.5) is 8.78 Å². The zero-order valence-corrected chi connectivity index (χ0v) is 18.3. The van der Waals surface area contributed by atoms with Crippen molar-refractivity contribution in [1.29, 1.82) is 5.41 Å². The van der Waals surface area contributed by atoms with Crippen molar-refractivity contribution in [1.82, 2.24) is 14.9 Å². The van der Waals surface area contributed by atoms with Gasteiger partial charge < -0.3 is 33.8 Å². The van der Waals surface area contributed by atoms with Crippen molar-refractivity contribution >= 4 is 39.5 Å². The first-order chi connectivity index (χ1) is 14.1. The lowest BCUT2D eigenvalue weighted by Crippen LogP contribution is -2.33. The highest BCUT2D eigenvalue weighted by atomic mass is 35.5. The minimum atomic E-state index is -2.84. The monoisotopic (exact) mass is 487 g/mol. The fourth-order valence-corrected chi connectivity index (χ4v) is 4.88. The summed E-state index contributed by atoms with van der Waals surface area (Å²) in [5.41, 5.74) is 0.618. The maximum atomic E-state index is 13.6. The third-order valence-electron chi connectivity index (χ3n) is 4.59. The highest BCUT2D eigenvalue weighted by molar-refractivity contribution is 7.63. The Kier molecular flexibility index (Phi) is 8.09. The van der Waals surface area contributed by atoms with Gasteiger partial charge in [-0.3, -0.25) is 5.41 Å². The van der Waals surface area contributed by atoms with Gasteiger partial charge in [-0.2, -0.15) is 4.99 Å². The zero-order valence-electron chi connectivity index (χ0n) is 15.7. The summed E-state index contributed by atoms with van der Waals surface area (Å²) in [7, 11) is -4.13. The van der Waals surface area contributed by atoms with Crippen LogP contribution in [0.2, 0.25) is 0 Å². The second kappa shape index (κ2) is 10.2. The third-order valence-corrected chi connectivity index (χ3v) is 7.10. The lowest BCUT2D eigenvalue weighted by Gasteiger charge is -2.18. The van der Waals surface area contributed by atoms with Crippen molar-refractivity contribution in [2.24, 2.45) is 4.99 Å². The van der Waals surface area contributed by atoms with Crippen molar-refractivity contribution in [3.05, 3.63) is 17.7 Å². The third kappa shape index (κ3) is 6.58. The molecular weight excluding hydrogens is 466 g/mol. The highest BCUT2D eigenvalue weighted by Crippen LogP contribution is 2.44. The molecule has 0 bridgehead atoms. The second-order valence-corrected chi connectivity index (χ2v) is 10.1. The Bertz CT molecular complexity index is 786. The Labute approximate surface area is 178 Å². The lowest BCUT2D eigenvalue weighted by molar-refractivity contribution is 0.0159. The smallest absolute Gasteiger partial charge is 0.266 e. The van der Waals surface area contributed by atoms with Crippen molar-refractivity contribution in [3.63, 3.8) is 0 Å². The van der Waals surface area contributed by atoms with Crippen molar-refractivity contribution in [3.8, 4) is 0 Å². The van der Waals surface area contributed by atoms with Crippen LogP contribution in [-0.4, -0.2) is 78.3 Å². The predicted octanol–water partition coefficient (Wildman–Crippen LogP) is 2.47. The lowest BCUT2D eigenvalue weighted by atomic mass is 10.1. The van der Waals surface area contributed by atoms with Crippen molar-refractivity contribution < 1.29 is 32.7 Å². The van der Waals surface area contributed by atoms with E-state index in [0.717, 1.165) is 0 Å². The van der Waals surface area contributed by atoms with Crippen LogP contribution < -0.4 is 0 Å². The van der Waals surface area contributed by atoms with Crippen LogP contribution >= 0.6 is 28.4 Å². The quantitative estimate of drug-likeness (QED) is 0.172. The molecule has 10 nitrogen and oxygen atoms in total. The van der Waals surface area contributed by atoms with Gasteiger partial charge in [0.25, 0.3) is 5.92 Å². The van der Waals surface area contributed by atoms with Gasteiger partial charge in [0.2, 0.25) is 5.29 Å². The fraction of sp³-hybridized carbons (Fsp3) is 0.667. The molecule has 0 saturated carbocycles. The van der Waals surface area contributed by atoms with Crippen LogP contribution in [0.5, 0.6) is 0 Å². The number of alkyl halides is 2. The molecule has 2 aliphatic heterocycles. The molecule has 5 N–H and O–H groups in total. The van der Waals surface area contributed by atoms with Gasteiger partial charge in [-0.15, -0.1) is 0 Å². The van der Waals surface area contributed by atoms with Gasteiger partial charge in [-0.25, -0.2) is 13.8 Å². The average molecular weight is 488 g/mol. The zero-order chi connectivity index (χ0) is 21.9. The minimum absolute atomic E-state index is 0.0688. The molecule has 3 unspecified atom stereocenters. The number of aliphatic imine (C=N–C) groups is 1. The number of hydrogen-bond donors (Lipinski definition) is 5. The predicted molar refractivity (Wildman–Crippen MR) is 108 cm³/mol. The summed E-state index contributed by atoms with van der Waals surface area (Å²) in [6.45, 7) is -0.347. The Morgan fingerprint density at radius 3 is 2.87 bits per heavy atom. The first kappa shape index (κ1) is 23.8. The van der Waals surface area contributed by atoms with Gasteiger partial charge in [-0.05, 0) is 24.4 Å². The maximum Gasteiger partial charge on any atom is 0.266 e. The largest absolute Gasteiger partial charge is 0.366 e. The number of nitrogens with one attached hydrogen (secondary N) is 2. The SMILES string of the molecule is N=C(Cl)/N=C(\c1ncc(C2CCC(COP(O)CP(O)O)O2)[nH]1)N1CCC(F)(F)C1. The van der Waals surface area contributed by atoms with Gasteiger partial charge in [-0.1, -0.05) is 0 Å². The number of halogens is 3. The molecule has 0 spiro atoms. The van der Waals surface area contributed by atoms with Crippen LogP contribution in [0, 0.1) is 5.41 Å². The molecule has 2 fully saturated rings. The molecule has 0 radical (unpaired) electrons. The van der Waals surface area contributed by atoms with Crippen LogP contribution in [-0.2, 0) is 9.26 Å². The van der Waals surface area contributed by atoms with E-state index in [2.05, 4.69) is 15.0 Å². The number of amidine groups is 2. The summed E-state index contributed by atoms with van der Waals surface area (Å²) in [5, 5.41) is 6.86. The van der Waals surface area contributed by atoms with E-state index >= 15 is 0 Å². The maximum absolute atomic E-state index is 13.6. The number of hydrogen-bond acceptors (Lipinski definition) is 7. The number of ether oxygens (including phenoxy) is 1. The van der Waals surface area contributed by atoms with E-state index in [1.807, 2.05) is 0 Å². The number of aromatic amines is 1. The van der Waals surface area contributed by atoms with Crippen LogP contribution in [0.1, 0.15) is 36.9 Å². The normalized spacial score (nSPS) is 25.3. The molecule has 2 saturated heterocycles. The Morgan fingerprint density at radius 2 is 2.23 bits per heavy atom. The van der Waals surface area contributed by atoms with Gasteiger partial charge in [0.1, 0.15) is 0 Å². The van der Waals surface area contributed by atoms with Crippen LogP contribution in [0.3, 0.4) is 0 Å². The van der Waals surface area contributed by atoms with E-state index in [1.54, 1.807) is 0 Å². The number of imidazole rings is 1. The number of rotatable bonds is 7. The average Bonchev–Trinajstić information content (AvgIpc) is 3.36. The number of nitrogens with zero attached hydrogens (tertiary/aromatic N) is 3. The summed E-state index contributed by atoms with van der Waals surface area (Å²) in [6, 6.07) is 0. The first-order valence-corrected chi connectivity index (χ1v) is 12.2. The van der Waals surface area contributed by atoms with Gasteiger partial charge in [0.05, 0.1) is 43.2 Å². The van der Waals surface area contributed by atoms with Crippen LogP contribution in [0.25, 0.3) is 0 Å². The molecule has 1 aromatic heterocycles. The summed E-state index contributed by atoms with van der Waals surface area (Å²) in [6.07, 6.45) is 1.88. The molecule has 168 valence electrons. The molecule has 3 heterocycles. The Morgan fingerprint density at radius 1 is 1.47 bits per heavy atom. The van der Waals surface area contributed by atoms with Gasteiger partial charge >= 0.3 is 0 Å². The highest BCUT2D eigenvalue weighted by Gasteiger charge is 2.40. The molecule has 15 heteroatoms. The van der Waals surface area contributed by atoms with Crippen molar-refractivity contribution in [2.45, 2.75) is 37.4 Å². The molecule has 3 rings (SSSR count). The summed E-state index contributed by atoms with van der Waals surface area (Å²) < 4.78 is 38.3. The standard InChI is InChI=1S/C15H22ClF2N5O5P2/c16-14(19)22-13(23-4-3-15(17,18)7-23)12-20-5-10(21-12)11-2-1-9(28-11)6-27-30(26)8-29(24)25/h5,9,11,19,24-26H,1-4,6-8H2,(H,20,21)/b19-14?,22-13+. The molecule has 3 atom stereocenters. The molecule has 2 aliphatic rings. The van der Waals surface area contributed by atoms with E-state index in [1.165, 1.54) is 11.1 Å². The fourth-order valence-electron chi connectivity index (χ4n) is 3.27. The Balaban J connectivity index is 1.62. The van der Waals surface area contributed by atoms with Crippen LogP contribution in [0.15, 0.2) is 11.2 Å². The molecule has 1 aromatic rings.